The topological polar surface area (TPSA) is 70.0 Å². The number of nitrogens with zero attached hydrogens (tertiary/aromatic N) is 1. The average molecular weight is 436 g/mol. The minimum Gasteiger partial charge on any atom is -0.392 e. The van der Waals surface area contributed by atoms with Crippen molar-refractivity contribution in [3.8, 4) is 0 Å². The Bertz CT molecular complexity index is 646. The lowest BCUT2D eigenvalue weighted by molar-refractivity contribution is -0.139. The van der Waals surface area contributed by atoms with Crippen molar-refractivity contribution in [3.63, 3.8) is 0 Å². The van der Waals surface area contributed by atoms with Gasteiger partial charge in [0.2, 0.25) is 5.91 Å². The highest BCUT2D eigenvalue weighted by Crippen LogP contribution is 2.48. The smallest absolute Gasteiger partial charge is 0.248 e. The van der Waals surface area contributed by atoms with Crippen LogP contribution in [0.1, 0.15) is 79.6 Å². The summed E-state index contributed by atoms with van der Waals surface area (Å²) in [6.45, 7) is 10.8. The van der Waals surface area contributed by atoms with Crippen molar-refractivity contribution in [2.45, 2.75) is 96.8 Å². The predicted octanol–water partition coefficient (Wildman–Crippen LogP) is 4.48. The monoisotopic (exact) mass is 435 g/mol. The zero-order valence-electron chi connectivity index (χ0n) is 20.6. The van der Waals surface area contributed by atoms with Crippen LogP contribution in [-0.4, -0.2) is 58.5 Å². The van der Waals surface area contributed by atoms with Gasteiger partial charge in [0.25, 0.3) is 0 Å². The number of carbonyl (C=O) groups is 1. The van der Waals surface area contributed by atoms with E-state index in [0.717, 1.165) is 38.5 Å². The number of hydrogen-bond acceptors (Lipinski definition) is 4. The van der Waals surface area contributed by atoms with Crippen LogP contribution < -0.4 is 0 Å². The molecule has 0 aromatic rings. The summed E-state index contributed by atoms with van der Waals surface area (Å²) in [6.07, 6.45) is 12.5. The third-order valence-electron chi connectivity index (χ3n) is 7.11. The summed E-state index contributed by atoms with van der Waals surface area (Å²) in [7, 11) is 1.81. The summed E-state index contributed by atoms with van der Waals surface area (Å²) in [5.74, 6) is 1.03. The van der Waals surface area contributed by atoms with Crippen molar-refractivity contribution < 1.29 is 19.7 Å². The van der Waals surface area contributed by atoms with Gasteiger partial charge in [0.15, 0.2) is 0 Å². The van der Waals surface area contributed by atoms with Gasteiger partial charge in [0.1, 0.15) is 6.61 Å². The fourth-order valence-corrected chi connectivity index (χ4v) is 4.76. The standard InChI is InChI=1S/C26H45NO4/c1-7-8-12-26(5,30)13-9-10-21-22-16-19(15-20(22)17-23(21)28)11-14-31-18-24(29)27(6)25(2,3)4/h9-10,15,20-23,28,30H,7-8,11-14,16-18H2,1-6H3/b10-9+/t20-,21+,22-,23+,26-/m0/s1. The third-order valence-corrected chi connectivity index (χ3v) is 7.11. The highest BCUT2D eigenvalue weighted by atomic mass is 16.5. The van der Waals surface area contributed by atoms with E-state index in [1.165, 1.54) is 5.57 Å². The van der Waals surface area contributed by atoms with Gasteiger partial charge in [-0.15, -0.1) is 0 Å². The van der Waals surface area contributed by atoms with Crippen LogP contribution in [0.15, 0.2) is 23.8 Å². The molecule has 0 bridgehead atoms. The zero-order chi connectivity index (χ0) is 23.2. The fourth-order valence-electron chi connectivity index (χ4n) is 4.76. The Morgan fingerprint density at radius 1 is 1.32 bits per heavy atom. The van der Waals surface area contributed by atoms with Crippen molar-refractivity contribution in [2.75, 3.05) is 20.3 Å². The van der Waals surface area contributed by atoms with E-state index in [-0.39, 0.29) is 30.1 Å². The van der Waals surface area contributed by atoms with E-state index < -0.39 is 5.60 Å². The van der Waals surface area contributed by atoms with Crippen LogP contribution in [0.2, 0.25) is 0 Å². The summed E-state index contributed by atoms with van der Waals surface area (Å²) in [5.41, 5.74) is 0.523. The normalized spacial score (nSPS) is 27.9. The molecule has 2 rings (SSSR count). The maximum atomic E-state index is 12.2. The van der Waals surface area contributed by atoms with Gasteiger partial charge in [-0.1, -0.05) is 43.6 Å². The molecule has 0 aliphatic heterocycles. The number of carbonyl (C=O) groups excluding carboxylic acids is 1. The van der Waals surface area contributed by atoms with Crippen LogP contribution in [0.3, 0.4) is 0 Å². The molecule has 1 fully saturated rings. The molecule has 0 heterocycles. The number of unbranched alkanes of at least 4 members (excludes halogenated alkanes) is 1. The number of fused-ring (bicyclic) bond motifs is 1. The first-order valence-electron chi connectivity index (χ1n) is 12.1. The summed E-state index contributed by atoms with van der Waals surface area (Å²) >= 11 is 0. The minimum atomic E-state index is -0.662. The number of aliphatic hydroxyl groups excluding tert-OH is 1. The predicted molar refractivity (Wildman–Crippen MR) is 126 cm³/mol. The molecule has 1 saturated carbocycles. The maximum absolute atomic E-state index is 12.2. The van der Waals surface area contributed by atoms with E-state index in [4.69, 9.17) is 4.74 Å². The van der Waals surface area contributed by atoms with Gasteiger partial charge in [-0.2, -0.15) is 0 Å². The summed E-state index contributed by atoms with van der Waals surface area (Å²) in [6, 6.07) is 0. The fraction of sp³-hybridized carbons (Fsp3) is 0.808. The molecule has 5 atom stereocenters. The lowest BCUT2D eigenvalue weighted by Gasteiger charge is -2.31. The number of ether oxygens (including phenoxy) is 1. The van der Waals surface area contributed by atoms with E-state index >= 15 is 0 Å². The van der Waals surface area contributed by atoms with Crippen LogP contribution >= 0.6 is 0 Å². The van der Waals surface area contributed by atoms with Gasteiger partial charge in [-0.25, -0.2) is 0 Å². The molecular formula is C26H45NO4. The third kappa shape index (κ3) is 7.73. The summed E-state index contributed by atoms with van der Waals surface area (Å²) in [4.78, 5) is 13.9. The van der Waals surface area contributed by atoms with Crippen LogP contribution in [0.4, 0.5) is 0 Å². The molecule has 2 aliphatic carbocycles. The Morgan fingerprint density at radius 3 is 2.68 bits per heavy atom. The van der Waals surface area contributed by atoms with Crippen LogP contribution in [0.5, 0.6) is 0 Å². The van der Waals surface area contributed by atoms with E-state index in [1.54, 1.807) is 4.90 Å². The first kappa shape index (κ1) is 26.1. The molecule has 2 aliphatic rings. The van der Waals surface area contributed by atoms with Crippen LogP contribution in [-0.2, 0) is 9.53 Å². The van der Waals surface area contributed by atoms with Gasteiger partial charge in [-0.05, 0) is 71.6 Å². The molecule has 178 valence electrons. The highest BCUT2D eigenvalue weighted by Gasteiger charge is 2.43. The van der Waals surface area contributed by atoms with Crippen molar-refractivity contribution in [1.29, 1.82) is 0 Å². The molecule has 0 aromatic carbocycles. The van der Waals surface area contributed by atoms with Crippen molar-refractivity contribution in [1.82, 2.24) is 4.90 Å². The van der Waals surface area contributed by atoms with E-state index in [1.807, 2.05) is 34.7 Å². The first-order chi connectivity index (χ1) is 14.4. The summed E-state index contributed by atoms with van der Waals surface area (Å²) < 4.78 is 5.66. The highest BCUT2D eigenvalue weighted by molar-refractivity contribution is 5.77. The number of rotatable bonds is 11. The molecule has 2 N–H and O–H groups in total. The van der Waals surface area contributed by atoms with E-state index in [0.29, 0.717) is 24.9 Å². The Morgan fingerprint density at radius 2 is 2.03 bits per heavy atom. The van der Waals surface area contributed by atoms with E-state index in [9.17, 15) is 15.0 Å². The van der Waals surface area contributed by atoms with Gasteiger partial charge in [0.05, 0.1) is 18.3 Å². The second-order valence-electron chi connectivity index (χ2n) is 10.9. The molecule has 0 saturated heterocycles. The van der Waals surface area contributed by atoms with E-state index in [2.05, 4.69) is 25.2 Å². The largest absolute Gasteiger partial charge is 0.392 e. The molecule has 5 nitrogen and oxygen atoms in total. The molecule has 1 amide bonds. The van der Waals surface area contributed by atoms with Crippen molar-refractivity contribution in [2.24, 2.45) is 17.8 Å². The minimum absolute atomic E-state index is 0.00733. The van der Waals surface area contributed by atoms with Crippen LogP contribution in [0, 0.1) is 17.8 Å². The number of amides is 1. The second-order valence-corrected chi connectivity index (χ2v) is 10.9. The second kappa shape index (κ2) is 11.1. The molecule has 0 unspecified atom stereocenters. The number of likely N-dealkylation sites (N-methyl/N-ethyl adjacent to an activating group) is 1. The lowest BCUT2D eigenvalue weighted by atomic mass is 9.88. The number of hydrogen-bond donors (Lipinski definition) is 2. The van der Waals surface area contributed by atoms with Crippen molar-refractivity contribution in [3.05, 3.63) is 23.8 Å². The van der Waals surface area contributed by atoms with Gasteiger partial charge in [-0.3, -0.25) is 4.79 Å². The zero-order valence-corrected chi connectivity index (χ0v) is 20.6. The number of aliphatic hydroxyl groups is 2. The lowest BCUT2D eigenvalue weighted by Crippen LogP contribution is -2.44. The average Bonchev–Trinajstić information content (AvgIpc) is 3.19. The Labute approximate surface area is 189 Å². The molecule has 31 heavy (non-hydrogen) atoms. The first-order valence-corrected chi connectivity index (χ1v) is 12.1. The SMILES string of the molecule is CCCC[C@](C)(O)C/C=C/[C@@H]1[C@H]2CC(CCOCC(=O)N(C)C(C)(C)C)=C[C@H]2C[C@H]1O. The molecular weight excluding hydrogens is 390 g/mol. The molecule has 5 heteroatoms. The Kier molecular flexibility index (Phi) is 9.35. The van der Waals surface area contributed by atoms with Gasteiger partial charge < -0.3 is 19.8 Å². The van der Waals surface area contributed by atoms with Gasteiger partial charge >= 0.3 is 0 Å². The quantitative estimate of drug-likeness (QED) is 0.371. The van der Waals surface area contributed by atoms with Gasteiger partial charge in [0, 0.05) is 18.5 Å². The van der Waals surface area contributed by atoms with Crippen LogP contribution in [0.25, 0.3) is 0 Å². The molecule has 0 aromatic heterocycles. The van der Waals surface area contributed by atoms with Crippen molar-refractivity contribution >= 4 is 5.91 Å². The molecule has 0 radical (unpaired) electrons. The Hall–Kier alpha value is -1.17. The Balaban J connectivity index is 1.77. The molecule has 0 spiro atoms. The number of allylic oxidation sites excluding steroid dienone is 1. The summed E-state index contributed by atoms with van der Waals surface area (Å²) in [5, 5.41) is 21.0. The maximum Gasteiger partial charge on any atom is 0.248 e.